The summed E-state index contributed by atoms with van der Waals surface area (Å²) in [5.74, 6) is 0.964. The molecule has 4 heterocycles. The molecule has 0 bridgehead atoms. The zero-order valence-electron chi connectivity index (χ0n) is 21.5. The molecule has 0 aliphatic heterocycles. The number of hydrogen-bond acceptors (Lipinski definition) is 9. The van der Waals surface area contributed by atoms with Gasteiger partial charge in [0.1, 0.15) is 0 Å². The molecule has 0 radical (unpaired) electrons. The second kappa shape index (κ2) is 10.4. The predicted molar refractivity (Wildman–Crippen MR) is 145 cm³/mol. The van der Waals surface area contributed by atoms with Gasteiger partial charge in [-0.3, -0.25) is 19.3 Å². The second-order valence-electron chi connectivity index (χ2n) is 9.33. The van der Waals surface area contributed by atoms with E-state index in [-0.39, 0.29) is 5.92 Å². The zero-order valence-corrected chi connectivity index (χ0v) is 21.5. The number of aromatic nitrogens is 7. The molecule has 0 amide bonds. The molecule has 190 valence electrons. The van der Waals surface area contributed by atoms with Crippen LogP contribution in [0.2, 0.25) is 0 Å². The number of fused-ring (bicyclic) bond motifs is 3. The number of hydrogen-bond donors (Lipinski definition) is 2. The standard InChI is InChI=1S/C26H31N11/c1-28-14-19(13-27)20-7-6-18(16-29-20)25-23-21(33-36(25)4)8-5-17-15-30-26(32-24(17)23)31-22-9-10-37(34-22)12-11-35(2)3/h6-7,9-10,13-16,19,27H,5,8,11-12H2,1-4H3,(H,30,31,32,34). The highest BCUT2D eigenvalue weighted by Gasteiger charge is 2.27. The summed E-state index contributed by atoms with van der Waals surface area (Å²) in [6.45, 7) is 1.72. The summed E-state index contributed by atoms with van der Waals surface area (Å²) in [6, 6.07) is 5.89. The van der Waals surface area contributed by atoms with Crippen LogP contribution >= 0.6 is 0 Å². The van der Waals surface area contributed by atoms with Gasteiger partial charge in [0.05, 0.1) is 35.2 Å². The Morgan fingerprint density at radius 2 is 2.03 bits per heavy atom. The molecular formula is C26H31N11. The first kappa shape index (κ1) is 24.4. The van der Waals surface area contributed by atoms with Crippen LogP contribution in [0.3, 0.4) is 0 Å². The number of aryl methyl sites for hydroxylation is 3. The topological polar surface area (TPSA) is 126 Å². The van der Waals surface area contributed by atoms with E-state index in [2.05, 4.69) is 30.3 Å². The summed E-state index contributed by atoms with van der Waals surface area (Å²) < 4.78 is 3.81. The molecule has 0 saturated heterocycles. The number of nitrogens with zero attached hydrogens (tertiary/aromatic N) is 9. The lowest BCUT2D eigenvalue weighted by molar-refractivity contribution is 0.373. The Kier molecular flexibility index (Phi) is 6.87. The van der Waals surface area contributed by atoms with Gasteiger partial charge in [-0.1, -0.05) is 0 Å². The van der Waals surface area contributed by atoms with Crippen molar-refractivity contribution in [2.45, 2.75) is 25.3 Å². The maximum atomic E-state index is 7.68. The van der Waals surface area contributed by atoms with Crippen LogP contribution in [-0.4, -0.2) is 79.5 Å². The molecule has 1 aliphatic rings. The molecule has 0 aromatic carbocycles. The third-order valence-corrected chi connectivity index (χ3v) is 6.40. The minimum atomic E-state index is -0.243. The van der Waals surface area contributed by atoms with Gasteiger partial charge >= 0.3 is 0 Å². The van der Waals surface area contributed by atoms with Crippen LogP contribution in [0.25, 0.3) is 22.5 Å². The third-order valence-electron chi connectivity index (χ3n) is 6.40. The third kappa shape index (κ3) is 5.03. The maximum Gasteiger partial charge on any atom is 0.228 e. The first-order valence-corrected chi connectivity index (χ1v) is 12.2. The van der Waals surface area contributed by atoms with Gasteiger partial charge in [0.15, 0.2) is 5.82 Å². The fourth-order valence-electron chi connectivity index (χ4n) is 4.53. The van der Waals surface area contributed by atoms with Gasteiger partial charge in [0, 0.05) is 68.9 Å². The summed E-state index contributed by atoms with van der Waals surface area (Å²) in [7, 11) is 7.74. The molecule has 0 saturated carbocycles. The highest BCUT2D eigenvalue weighted by atomic mass is 15.3. The van der Waals surface area contributed by atoms with Crippen LogP contribution in [0.15, 0.2) is 41.8 Å². The number of anilines is 2. The fraction of sp³-hybridized carbons (Fsp3) is 0.346. The Labute approximate surface area is 215 Å². The van der Waals surface area contributed by atoms with Crippen molar-refractivity contribution in [2.24, 2.45) is 12.0 Å². The molecule has 0 spiro atoms. The van der Waals surface area contributed by atoms with Crippen LogP contribution in [-0.2, 0) is 26.4 Å². The van der Waals surface area contributed by atoms with Crippen LogP contribution in [0.1, 0.15) is 22.9 Å². The molecule has 37 heavy (non-hydrogen) atoms. The number of nitrogens with one attached hydrogen (secondary N) is 2. The van der Waals surface area contributed by atoms with Crippen LogP contribution < -0.4 is 5.32 Å². The molecule has 4 aromatic heterocycles. The SMILES string of the molecule is CN=CC(C=N)c1ccc(-c2c3c(nn2C)CCc2cnc(Nc4ccn(CCN(C)C)n4)nc2-3)cn1. The average Bonchev–Trinajstić information content (AvgIpc) is 3.49. The molecule has 1 aliphatic carbocycles. The lowest BCUT2D eigenvalue weighted by Gasteiger charge is -2.17. The summed E-state index contributed by atoms with van der Waals surface area (Å²) >= 11 is 0. The molecular weight excluding hydrogens is 466 g/mol. The van der Waals surface area contributed by atoms with E-state index < -0.39 is 0 Å². The summed E-state index contributed by atoms with van der Waals surface area (Å²) in [6.07, 6.45) is 10.4. The van der Waals surface area contributed by atoms with Crippen molar-refractivity contribution in [1.82, 2.24) is 39.4 Å². The smallest absolute Gasteiger partial charge is 0.228 e. The van der Waals surface area contributed by atoms with Crippen molar-refractivity contribution in [3.8, 4) is 22.5 Å². The van der Waals surface area contributed by atoms with Crippen LogP contribution in [0, 0.1) is 5.41 Å². The van der Waals surface area contributed by atoms with E-state index in [0.717, 1.165) is 65.4 Å². The number of pyridine rings is 1. The first-order valence-electron chi connectivity index (χ1n) is 12.2. The van der Waals surface area contributed by atoms with E-state index in [0.29, 0.717) is 11.8 Å². The Morgan fingerprint density at radius 1 is 1.16 bits per heavy atom. The number of likely N-dealkylation sites (N-methyl/N-ethyl adjacent to an activating group) is 1. The molecule has 4 aromatic rings. The largest absolute Gasteiger partial charge is 0.312 e. The highest BCUT2D eigenvalue weighted by molar-refractivity contribution is 5.89. The number of rotatable bonds is 9. The maximum absolute atomic E-state index is 7.68. The monoisotopic (exact) mass is 497 g/mol. The molecule has 1 unspecified atom stereocenters. The van der Waals surface area contributed by atoms with E-state index >= 15 is 0 Å². The predicted octanol–water partition coefficient (Wildman–Crippen LogP) is 2.97. The lowest BCUT2D eigenvalue weighted by atomic mass is 9.91. The van der Waals surface area contributed by atoms with E-state index in [1.165, 1.54) is 6.21 Å². The van der Waals surface area contributed by atoms with Crippen molar-refractivity contribution in [3.05, 3.63) is 53.7 Å². The lowest BCUT2D eigenvalue weighted by Crippen LogP contribution is -2.18. The van der Waals surface area contributed by atoms with Gasteiger partial charge in [-0.15, -0.1) is 0 Å². The molecule has 0 fully saturated rings. The van der Waals surface area contributed by atoms with E-state index in [9.17, 15) is 0 Å². The molecule has 2 N–H and O–H groups in total. The number of aliphatic imine (C=N–C) groups is 1. The Balaban J connectivity index is 1.46. The van der Waals surface area contributed by atoms with Gasteiger partial charge in [0.25, 0.3) is 0 Å². The van der Waals surface area contributed by atoms with Crippen LogP contribution in [0.4, 0.5) is 11.8 Å². The second-order valence-corrected chi connectivity index (χ2v) is 9.33. The summed E-state index contributed by atoms with van der Waals surface area (Å²) in [5, 5.41) is 20.3. The van der Waals surface area contributed by atoms with Crippen molar-refractivity contribution in [2.75, 3.05) is 33.0 Å². The Morgan fingerprint density at radius 3 is 2.76 bits per heavy atom. The average molecular weight is 498 g/mol. The van der Waals surface area contributed by atoms with E-state index in [4.69, 9.17) is 15.5 Å². The van der Waals surface area contributed by atoms with E-state index in [1.807, 2.05) is 67.3 Å². The van der Waals surface area contributed by atoms with Crippen molar-refractivity contribution < 1.29 is 0 Å². The zero-order chi connectivity index (χ0) is 25.9. The molecule has 11 heteroatoms. The van der Waals surface area contributed by atoms with Gasteiger partial charge in [0.2, 0.25) is 5.95 Å². The van der Waals surface area contributed by atoms with Crippen LogP contribution in [0.5, 0.6) is 0 Å². The first-order chi connectivity index (χ1) is 18.0. The molecule has 1 atom stereocenters. The minimum absolute atomic E-state index is 0.243. The quantitative estimate of drug-likeness (QED) is 0.341. The van der Waals surface area contributed by atoms with Gasteiger partial charge in [-0.05, 0) is 44.6 Å². The summed E-state index contributed by atoms with van der Waals surface area (Å²) in [5.41, 5.74) is 6.69. The summed E-state index contributed by atoms with van der Waals surface area (Å²) in [4.78, 5) is 20.3. The highest BCUT2D eigenvalue weighted by Crippen LogP contribution is 2.39. The van der Waals surface area contributed by atoms with Gasteiger partial charge in [-0.2, -0.15) is 10.2 Å². The molecule has 5 rings (SSSR count). The fourth-order valence-corrected chi connectivity index (χ4v) is 4.53. The van der Waals surface area contributed by atoms with Gasteiger partial charge < -0.3 is 15.6 Å². The minimum Gasteiger partial charge on any atom is -0.312 e. The van der Waals surface area contributed by atoms with Crippen molar-refractivity contribution in [1.29, 1.82) is 5.41 Å². The Hall–Kier alpha value is -4.25. The van der Waals surface area contributed by atoms with Crippen molar-refractivity contribution in [3.63, 3.8) is 0 Å². The molecule has 11 nitrogen and oxygen atoms in total. The Bertz CT molecular complexity index is 1430. The van der Waals surface area contributed by atoms with Crippen molar-refractivity contribution >= 4 is 24.2 Å². The van der Waals surface area contributed by atoms with Gasteiger partial charge in [-0.25, -0.2) is 9.97 Å². The van der Waals surface area contributed by atoms with E-state index in [1.54, 1.807) is 13.3 Å². The normalized spacial score (nSPS) is 13.5.